The first-order valence-corrected chi connectivity index (χ1v) is 9.80. The number of aryl methyl sites for hydroxylation is 1. The number of nitriles is 1. The number of benzene rings is 2. The third-order valence-electron chi connectivity index (χ3n) is 4.38. The first-order valence-electron chi connectivity index (χ1n) is 8.63. The van der Waals surface area contributed by atoms with Crippen molar-refractivity contribution in [2.24, 2.45) is 0 Å². The molecule has 0 saturated heterocycles. The molecular formula is C22H16BrClFN3O. The third kappa shape index (κ3) is 4.58. The van der Waals surface area contributed by atoms with Gasteiger partial charge in [0, 0.05) is 27.2 Å². The molecule has 0 bridgehead atoms. The molecule has 0 unspecified atom stereocenters. The van der Waals surface area contributed by atoms with Gasteiger partial charge in [0.25, 0.3) is 5.91 Å². The van der Waals surface area contributed by atoms with E-state index in [-0.39, 0.29) is 10.6 Å². The van der Waals surface area contributed by atoms with Gasteiger partial charge >= 0.3 is 0 Å². The van der Waals surface area contributed by atoms with Crippen molar-refractivity contribution in [2.45, 2.75) is 13.8 Å². The highest BCUT2D eigenvalue weighted by Crippen LogP contribution is 2.26. The zero-order chi connectivity index (χ0) is 21.1. The van der Waals surface area contributed by atoms with Crippen molar-refractivity contribution in [3.8, 4) is 11.8 Å². The summed E-state index contributed by atoms with van der Waals surface area (Å²) < 4.78 is 16.2. The molecule has 3 aromatic rings. The molecule has 0 radical (unpaired) electrons. The zero-order valence-corrected chi connectivity index (χ0v) is 18.0. The number of nitrogens with zero attached hydrogens (tertiary/aromatic N) is 2. The highest BCUT2D eigenvalue weighted by molar-refractivity contribution is 9.10. The van der Waals surface area contributed by atoms with Crippen LogP contribution in [0.1, 0.15) is 17.0 Å². The number of carbonyl (C=O) groups excluding carboxylic acids is 1. The summed E-state index contributed by atoms with van der Waals surface area (Å²) in [6.07, 6.45) is 1.54. The van der Waals surface area contributed by atoms with Crippen molar-refractivity contribution in [3.05, 3.63) is 86.4 Å². The Morgan fingerprint density at radius 2 is 2.00 bits per heavy atom. The van der Waals surface area contributed by atoms with E-state index in [1.54, 1.807) is 24.3 Å². The Hall–Kier alpha value is -2.88. The SMILES string of the molecule is Cc1cc(/C=C(/C#N)C(=O)Nc2cccc(Br)c2)c(C)n1-c1ccc(F)c(Cl)c1. The standard InChI is InChI=1S/C22H16BrClFN3O/c1-13-8-15(14(2)28(13)19-6-7-21(25)20(24)11-19)9-16(12-26)22(29)27-18-5-3-4-17(23)10-18/h3-11H,1-2H3,(H,27,29)/b16-9-. The molecule has 0 spiro atoms. The lowest BCUT2D eigenvalue weighted by molar-refractivity contribution is -0.112. The molecule has 0 aliphatic heterocycles. The number of hydrogen-bond donors (Lipinski definition) is 1. The van der Waals surface area contributed by atoms with Crippen molar-refractivity contribution < 1.29 is 9.18 Å². The van der Waals surface area contributed by atoms with E-state index in [4.69, 9.17) is 11.6 Å². The smallest absolute Gasteiger partial charge is 0.266 e. The summed E-state index contributed by atoms with van der Waals surface area (Å²) in [5, 5.41) is 12.2. The van der Waals surface area contributed by atoms with Gasteiger partial charge in [0.2, 0.25) is 0 Å². The molecule has 0 aliphatic rings. The molecule has 3 rings (SSSR count). The van der Waals surface area contributed by atoms with E-state index in [0.717, 1.165) is 15.9 Å². The van der Waals surface area contributed by atoms with Gasteiger partial charge in [0.1, 0.15) is 17.5 Å². The fourth-order valence-electron chi connectivity index (χ4n) is 3.02. The molecule has 1 heterocycles. The van der Waals surface area contributed by atoms with Gasteiger partial charge in [-0.15, -0.1) is 0 Å². The van der Waals surface area contributed by atoms with Gasteiger partial charge in [-0.25, -0.2) is 4.39 Å². The van der Waals surface area contributed by atoms with Gasteiger partial charge in [0.15, 0.2) is 0 Å². The Kier molecular flexibility index (Phi) is 6.21. The first kappa shape index (κ1) is 20.8. The number of halogens is 3. The van der Waals surface area contributed by atoms with Crippen LogP contribution in [0.3, 0.4) is 0 Å². The summed E-state index contributed by atoms with van der Waals surface area (Å²) in [4.78, 5) is 12.5. The normalized spacial score (nSPS) is 11.2. The van der Waals surface area contributed by atoms with Crippen molar-refractivity contribution in [2.75, 3.05) is 5.32 Å². The molecule has 1 aromatic heterocycles. The molecule has 1 N–H and O–H groups in total. The van der Waals surface area contributed by atoms with E-state index >= 15 is 0 Å². The highest BCUT2D eigenvalue weighted by atomic mass is 79.9. The number of carbonyl (C=O) groups is 1. The predicted molar refractivity (Wildman–Crippen MR) is 117 cm³/mol. The number of aromatic nitrogens is 1. The van der Waals surface area contributed by atoms with Gasteiger partial charge in [-0.3, -0.25) is 4.79 Å². The minimum atomic E-state index is -0.500. The van der Waals surface area contributed by atoms with Crippen molar-refractivity contribution in [1.82, 2.24) is 4.57 Å². The van der Waals surface area contributed by atoms with Gasteiger partial charge < -0.3 is 9.88 Å². The molecule has 2 aromatic carbocycles. The average molecular weight is 473 g/mol. The first-order chi connectivity index (χ1) is 13.8. The van der Waals surface area contributed by atoms with Crippen LogP contribution < -0.4 is 5.32 Å². The number of nitrogens with one attached hydrogen (secondary N) is 1. The summed E-state index contributed by atoms with van der Waals surface area (Å²) in [5.74, 6) is -0.991. The highest BCUT2D eigenvalue weighted by Gasteiger charge is 2.15. The maximum atomic E-state index is 13.5. The Morgan fingerprint density at radius 1 is 1.24 bits per heavy atom. The molecule has 0 fully saturated rings. The Morgan fingerprint density at radius 3 is 2.66 bits per heavy atom. The van der Waals surface area contributed by atoms with Crippen molar-refractivity contribution in [1.29, 1.82) is 5.26 Å². The van der Waals surface area contributed by atoms with Crippen molar-refractivity contribution in [3.63, 3.8) is 0 Å². The van der Waals surface area contributed by atoms with Crippen LogP contribution in [-0.4, -0.2) is 10.5 Å². The van der Waals surface area contributed by atoms with Crippen LogP contribution in [0.4, 0.5) is 10.1 Å². The third-order valence-corrected chi connectivity index (χ3v) is 5.16. The quantitative estimate of drug-likeness (QED) is 0.363. The minimum Gasteiger partial charge on any atom is -0.321 e. The van der Waals surface area contributed by atoms with Crippen molar-refractivity contribution >= 4 is 45.2 Å². The molecule has 0 saturated carbocycles. The monoisotopic (exact) mass is 471 g/mol. The summed E-state index contributed by atoms with van der Waals surface area (Å²) >= 11 is 9.26. The number of anilines is 1. The molecule has 29 heavy (non-hydrogen) atoms. The minimum absolute atomic E-state index is 0.0256. The van der Waals surface area contributed by atoms with Crippen LogP contribution in [0.2, 0.25) is 5.02 Å². The summed E-state index contributed by atoms with van der Waals surface area (Å²) in [6.45, 7) is 3.74. The van der Waals surface area contributed by atoms with Crippen LogP contribution in [0.5, 0.6) is 0 Å². The van der Waals surface area contributed by atoms with E-state index in [9.17, 15) is 14.4 Å². The number of hydrogen-bond acceptors (Lipinski definition) is 2. The molecule has 1 amide bonds. The predicted octanol–water partition coefficient (Wildman–Crippen LogP) is 6.19. The van der Waals surface area contributed by atoms with E-state index < -0.39 is 11.7 Å². The Bertz CT molecular complexity index is 1180. The number of amides is 1. The van der Waals surface area contributed by atoms with Crippen LogP contribution in [0.25, 0.3) is 11.8 Å². The molecular weight excluding hydrogens is 457 g/mol. The summed E-state index contributed by atoms with van der Waals surface area (Å²) in [7, 11) is 0. The molecule has 7 heteroatoms. The van der Waals surface area contributed by atoms with Gasteiger partial charge in [-0.2, -0.15) is 5.26 Å². The lowest BCUT2D eigenvalue weighted by Crippen LogP contribution is -2.13. The average Bonchev–Trinajstić information content (AvgIpc) is 2.95. The maximum Gasteiger partial charge on any atom is 0.266 e. The van der Waals surface area contributed by atoms with E-state index in [1.807, 2.05) is 36.6 Å². The zero-order valence-electron chi connectivity index (χ0n) is 15.6. The molecule has 146 valence electrons. The van der Waals surface area contributed by atoms with Crippen LogP contribution in [-0.2, 0) is 4.79 Å². The lowest BCUT2D eigenvalue weighted by Gasteiger charge is -2.10. The Labute approximate surface area is 181 Å². The van der Waals surface area contributed by atoms with Gasteiger partial charge in [-0.1, -0.05) is 33.6 Å². The Balaban J connectivity index is 1.95. The second-order valence-electron chi connectivity index (χ2n) is 6.39. The number of rotatable bonds is 4. The van der Waals surface area contributed by atoms with Crippen LogP contribution in [0.15, 0.2) is 58.6 Å². The van der Waals surface area contributed by atoms with Gasteiger partial charge in [-0.05, 0) is 68.0 Å². The second-order valence-corrected chi connectivity index (χ2v) is 7.72. The summed E-state index contributed by atoms with van der Waals surface area (Å²) in [5.41, 5.74) is 3.63. The van der Waals surface area contributed by atoms with Gasteiger partial charge in [0.05, 0.1) is 5.02 Å². The topological polar surface area (TPSA) is 57.8 Å². The van der Waals surface area contributed by atoms with Crippen LogP contribution in [0, 0.1) is 31.0 Å². The second kappa shape index (κ2) is 8.64. The molecule has 4 nitrogen and oxygen atoms in total. The summed E-state index contributed by atoms with van der Waals surface area (Å²) in [6, 6.07) is 15.4. The van der Waals surface area contributed by atoms with E-state index in [2.05, 4.69) is 21.2 Å². The fourth-order valence-corrected chi connectivity index (χ4v) is 3.60. The van der Waals surface area contributed by atoms with Crippen LogP contribution >= 0.6 is 27.5 Å². The molecule has 0 aliphatic carbocycles. The lowest BCUT2D eigenvalue weighted by atomic mass is 10.1. The maximum absolute atomic E-state index is 13.5. The van der Waals surface area contributed by atoms with E-state index in [1.165, 1.54) is 18.2 Å². The fraction of sp³-hybridized carbons (Fsp3) is 0.0909. The van der Waals surface area contributed by atoms with E-state index in [0.29, 0.717) is 16.9 Å². The molecule has 0 atom stereocenters. The largest absolute Gasteiger partial charge is 0.321 e.